The molecule has 2 aromatic heterocycles. The van der Waals surface area contributed by atoms with Crippen LogP contribution in [0.5, 0.6) is 0 Å². The van der Waals surface area contributed by atoms with Gasteiger partial charge in [-0.05, 0) is 7.05 Å². The molecule has 0 bridgehead atoms. The molecule has 0 saturated carbocycles. The zero-order valence-corrected chi connectivity index (χ0v) is 14.8. The Hall–Kier alpha value is -2.22. The minimum absolute atomic E-state index is 0.0123. The Kier molecular flexibility index (Phi) is 4.16. The van der Waals surface area contributed by atoms with Crippen molar-refractivity contribution in [1.82, 2.24) is 30.0 Å². The van der Waals surface area contributed by atoms with Crippen molar-refractivity contribution in [3.05, 3.63) is 30.0 Å². The van der Waals surface area contributed by atoms with Crippen molar-refractivity contribution < 1.29 is 9.21 Å². The lowest BCUT2D eigenvalue weighted by Crippen LogP contribution is -2.40. The average Bonchev–Trinajstić information content (AvgIpc) is 3.17. The van der Waals surface area contributed by atoms with Crippen molar-refractivity contribution in [1.29, 1.82) is 0 Å². The molecule has 0 aliphatic carbocycles. The number of hydrogen-bond acceptors (Lipinski definition) is 6. The molecule has 0 radical (unpaired) electrons. The van der Waals surface area contributed by atoms with Gasteiger partial charge in [0.2, 0.25) is 5.89 Å². The second-order valence-corrected chi connectivity index (χ2v) is 7.50. The molecular weight excluding hydrogens is 308 g/mol. The van der Waals surface area contributed by atoms with Crippen molar-refractivity contribution >= 4 is 5.91 Å². The normalized spacial score (nSPS) is 22.0. The Morgan fingerprint density at radius 1 is 1.29 bits per heavy atom. The minimum atomic E-state index is -0.328. The van der Waals surface area contributed by atoms with Crippen LogP contribution in [0.15, 0.2) is 16.9 Å². The summed E-state index contributed by atoms with van der Waals surface area (Å²) in [6.07, 6.45) is 3.63. The van der Waals surface area contributed by atoms with E-state index in [9.17, 15) is 4.79 Å². The first-order valence-corrected chi connectivity index (χ1v) is 8.05. The van der Waals surface area contributed by atoms with E-state index in [0.29, 0.717) is 5.89 Å². The molecule has 2 atom stereocenters. The predicted octanol–water partition coefficient (Wildman–Crippen LogP) is 0.928. The van der Waals surface area contributed by atoms with Gasteiger partial charge < -0.3 is 19.2 Å². The van der Waals surface area contributed by atoms with E-state index in [1.165, 1.54) is 0 Å². The smallest absolute Gasteiger partial charge is 0.309 e. The van der Waals surface area contributed by atoms with Gasteiger partial charge in [0.05, 0.1) is 12.4 Å². The van der Waals surface area contributed by atoms with Crippen molar-refractivity contribution in [3.63, 3.8) is 0 Å². The van der Waals surface area contributed by atoms with Crippen LogP contribution in [0.3, 0.4) is 0 Å². The van der Waals surface area contributed by atoms with E-state index in [4.69, 9.17) is 4.42 Å². The van der Waals surface area contributed by atoms with Gasteiger partial charge >= 0.3 is 11.8 Å². The number of nitrogens with zero attached hydrogens (tertiary/aromatic N) is 5. The van der Waals surface area contributed by atoms with Crippen LogP contribution >= 0.6 is 0 Å². The van der Waals surface area contributed by atoms with Gasteiger partial charge in [0.15, 0.2) is 0 Å². The number of aryl methyl sites for hydroxylation is 1. The Bertz CT molecular complexity index is 729. The first kappa shape index (κ1) is 16.6. The molecule has 8 nitrogen and oxygen atoms in total. The highest BCUT2D eigenvalue weighted by Gasteiger charge is 2.36. The molecule has 130 valence electrons. The van der Waals surface area contributed by atoms with Crippen LogP contribution in [0.4, 0.5) is 0 Å². The fourth-order valence-electron chi connectivity index (χ4n) is 3.02. The zero-order valence-electron chi connectivity index (χ0n) is 14.8. The second-order valence-electron chi connectivity index (χ2n) is 7.50. The van der Waals surface area contributed by atoms with Crippen LogP contribution in [0.1, 0.15) is 49.0 Å². The summed E-state index contributed by atoms with van der Waals surface area (Å²) in [5.74, 6) is 0.319. The van der Waals surface area contributed by atoms with Crippen LogP contribution < -0.4 is 5.32 Å². The maximum Gasteiger partial charge on any atom is 0.309 e. The molecule has 3 heterocycles. The average molecular weight is 332 g/mol. The van der Waals surface area contributed by atoms with Crippen LogP contribution in [-0.4, -0.2) is 56.7 Å². The second kappa shape index (κ2) is 6.01. The van der Waals surface area contributed by atoms with Gasteiger partial charge in [-0.25, -0.2) is 4.98 Å². The summed E-state index contributed by atoms with van der Waals surface area (Å²) in [7, 11) is 4.01. The van der Waals surface area contributed by atoms with E-state index in [2.05, 4.69) is 25.4 Å². The molecule has 1 fully saturated rings. The van der Waals surface area contributed by atoms with Gasteiger partial charge in [-0.2, -0.15) is 0 Å². The number of nitrogens with one attached hydrogen (secondary N) is 1. The van der Waals surface area contributed by atoms with Gasteiger partial charge in [0, 0.05) is 43.4 Å². The van der Waals surface area contributed by atoms with Gasteiger partial charge in [0.25, 0.3) is 0 Å². The molecule has 0 unspecified atom stereocenters. The van der Waals surface area contributed by atoms with Gasteiger partial charge in [-0.3, -0.25) is 4.79 Å². The number of imidazole rings is 1. The number of carbonyl (C=O) groups is 1. The molecule has 1 saturated heterocycles. The number of aromatic nitrogens is 4. The molecule has 0 aromatic carbocycles. The van der Waals surface area contributed by atoms with E-state index >= 15 is 0 Å². The van der Waals surface area contributed by atoms with Crippen molar-refractivity contribution in [2.75, 3.05) is 20.1 Å². The Labute approximate surface area is 141 Å². The molecule has 1 aliphatic heterocycles. The molecule has 1 N–H and O–H groups in total. The first-order chi connectivity index (χ1) is 11.3. The van der Waals surface area contributed by atoms with Crippen LogP contribution in [0, 0.1) is 0 Å². The summed E-state index contributed by atoms with van der Waals surface area (Å²) in [5, 5.41) is 10.9. The quantitative estimate of drug-likeness (QED) is 0.899. The van der Waals surface area contributed by atoms with E-state index in [1.807, 2.05) is 45.6 Å². The van der Waals surface area contributed by atoms with Crippen LogP contribution in [0.2, 0.25) is 0 Å². The molecule has 1 aliphatic rings. The number of hydrogen-bond donors (Lipinski definition) is 1. The Morgan fingerprint density at radius 3 is 2.62 bits per heavy atom. The predicted molar refractivity (Wildman–Crippen MR) is 87.7 cm³/mol. The summed E-state index contributed by atoms with van der Waals surface area (Å²) in [4.78, 5) is 18.9. The molecule has 8 heteroatoms. The zero-order chi connectivity index (χ0) is 17.5. The minimum Gasteiger partial charge on any atom is -0.416 e. The molecule has 2 aromatic rings. The summed E-state index contributed by atoms with van der Waals surface area (Å²) in [5.41, 5.74) is 0.821. The highest BCUT2D eigenvalue weighted by atomic mass is 16.4. The maximum atomic E-state index is 12.5. The van der Waals surface area contributed by atoms with Gasteiger partial charge in [0.1, 0.15) is 0 Å². The summed E-state index contributed by atoms with van der Waals surface area (Å²) >= 11 is 0. The van der Waals surface area contributed by atoms with Gasteiger partial charge in [-0.1, -0.05) is 20.8 Å². The van der Waals surface area contributed by atoms with E-state index in [0.717, 1.165) is 18.8 Å². The number of amides is 1. The third kappa shape index (κ3) is 3.19. The van der Waals surface area contributed by atoms with Crippen molar-refractivity contribution in [3.8, 4) is 0 Å². The lowest BCUT2D eigenvalue weighted by atomic mass is 9.97. The third-order valence-corrected chi connectivity index (χ3v) is 4.31. The van der Waals surface area contributed by atoms with E-state index < -0.39 is 0 Å². The Morgan fingerprint density at radius 2 is 2.04 bits per heavy atom. The SMILES string of the molecule is CN1C[C@@H](NC(=O)c2nnc(C(C)(C)C)o2)[C@H](c2cncn2C)C1. The summed E-state index contributed by atoms with van der Waals surface area (Å²) < 4.78 is 7.52. The van der Waals surface area contributed by atoms with Crippen molar-refractivity contribution in [2.45, 2.75) is 38.1 Å². The molecule has 24 heavy (non-hydrogen) atoms. The van der Waals surface area contributed by atoms with E-state index in [1.54, 1.807) is 6.33 Å². The topological polar surface area (TPSA) is 89.1 Å². The summed E-state index contributed by atoms with van der Waals surface area (Å²) in [6, 6.07) is -0.0251. The van der Waals surface area contributed by atoms with E-state index in [-0.39, 0.29) is 29.2 Å². The summed E-state index contributed by atoms with van der Waals surface area (Å²) in [6.45, 7) is 7.52. The lowest BCUT2D eigenvalue weighted by Gasteiger charge is -2.19. The molecule has 1 amide bonds. The Balaban J connectivity index is 1.75. The highest BCUT2D eigenvalue weighted by Crippen LogP contribution is 2.27. The molecule has 0 spiro atoms. The molecule has 3 rings (SSSR count). The maximum absolute atomic E-state index is 12.5. The number of likely N-dealkylation sites (N-methyl/N-ethyl adjacent to an activating group) is 1. The largest absolute Gasteiger partial charge is 0.416 e. The van der Waals surface area contributed by atoms with Crippen LogP contribution in [-0.2, 0) is 12.5 Å². The highest BCUT2D eigenvalue weighted by molar-refractivity contribution is 5.89. The van der Waals surface area contributed by atoms with Crippen LogP contribution in [0.25, 0.3) is 0 Å². The number of rotatable bonds is 3. The third-order valence-electron chi connectivity index (χ3n) is 4.31. The number of likely N-dealkylation sites (tertiary alicyclic amines) is 1. The monoisotopic (exact) mass is 332 g/mol. The van der Waals surface area contributed by atoms with Gasteiger partial charge in [-0.15, -0.1) is 10.2 Å². The number of carbonyl (C=O) groups excluding carboxylic acids is 1. The molecular formula is C16H24N6O2. The fourth-order valence-corrected chi connectivity index (χ4v) is 3.02. The standard InChI is InChI=1S/C16H24N6O2/c1-16(2,3)15-20-19-14(24-15)13(23)18-11-8-21(4)7-10(11)12-6-17-9-22(12)5/h6,9-11H,7-8H2,1-5H3,(H,18,23)/t10-,11-/m1/s1. The van der Waals surface area contributed by atoms with Crippen molar-refractivity contribution in [2.24, 2.45) is 7.05 Å². The first-order valence-electron chi connectivity index (χ1n) is 8.05. The fraction of sp³-hybridized carbons (Fsp3) is 0.625. The lowest BCUT2D eigenvalue weighted by molar-refractivity contribution is 0.0896.